The quantitative estimate of drug-likeness (QED) is 0.882. The van der Waals surface area contributed by atoms with Crippen LogP contribution >= 0.6 is 11.5 Å². The van der Waals surface area contributed by atoms with Gasteiger partial charge in [-0.15, -0.1) is 5.10 Å². The van der Waals surface area contributed by atoms with Crippen LogP contribution in [0.15, 0.2) is 18.2 Å². The minimum absolute atomic E-state index is 0.316. The topological polar surface area (TPSA) is 101 Å². The molecule has 114 valence electrons. The van der Waals surface area contributed by atoms with Gasteiger partial charge in [-0.25, -0.2) is 4.79 Å². The summed E-state index contributed by atoms with van der Waals surface area (Å²) in [6.07, 6.45) is 0.737. The second-order valence-corrected chi connectivity index (χ2v) is 5.65. The Morgan fingerprint density at radius 1 is 1.45 bits per heavy atom. The summed E-state index contributed by atoms with van der Waals surface area (Å²) in [7, 11) is 0. The number of nitrogens with zero attached hydrogens (tertiary/aromatic N) is 2. The van der Waals surface area contributed by atoms with E-state index in [1.165, 1.54) is 0 Å². The number of amides is 1. The maximum absolute atomic E-state index is 12.2. The average molecular weight is 319 g/mol. The lowest BCUT2D eigenvalue weighted by molar-refractivity contribution is -0.139. The fourth-order valence-electron chi connectivity index (χ4n) is 2.31. The smallest absolute Gasteiger partial charge is 0.330 e. The predicted octanol–water partition coefficient (Wildman–Crippen LogP) is 1.34. The Kier molecular flexibility index (Phi) is 3.76. The highest BCUT2D eigenvalue weighted by Crippen LogP contribution is 2.28. The fraction of sp³-hybridized carbons (Fsp3) is 0.286. The van der Waals surface area contributed by atoms with Gasteiger partial charge in [0.1, 0.15) is 10.6 Å². The Hall–Kier alpha value is -2.48. The van der Waals surface area contributed by atoms with Crippen LogP contribution in [-0.4, -0.2) is 33.2 Å². The van der Waals surface area contributed by atoms with E-state index in [1.54, 1.807) is 25.1 Å². The summed E-state index contributed by atoms with van der Waals surface area (Å²) in [6, 6.07) is 4.03. The molecule has 1 aromatic heterocycles. The Balaban J connectivity index is 1.86. The Labute approximate surface area is 130 Å². The zero-order valence-corrected chi connectivity index (χ0v) is 12.5. The van der Waals surface area contributed by atoms with Crippen LogP contribution in [0.25, 0.3) is 0 Å². The number of nitrogens with one attached hydrogen (secondary N) is 1. The third kappa shape index (κ3) is 2.64. The summed E-state index contributed by atoms with van der Waals surface area (Å²) in [5.74, 6) is -0.847. The Bertz CT molecular complexity index is 743. The molecule has 2 N–H and O–H groups in total. The van der Waals surface area contributed by atoms with Gasteiger partial charge in [0.15, 0.2) is 6.04 Å². The summed E-state index contributed by atoms with van der Waals surface area (Å²) < 4.78 is 9.08. The van der Waals surface area contributed by atoms with Gasteiger partial charge in [-0.2, -0.15) is 0 Å². The monoisotopic (exact) mass is 319 g/mol. The first-order chi connectivity index (χ1) is 10.6. The molecule has 0 spiro atoms. The van der Waals surface area contributed by atoms with Gasteiger partial charge < -0.3 is 15.2 Å². The third-order valence-corrected chi connectivity index (χ3v) is 4.25. The van der Waals surface area contributed by atoms with E-state index < -0.39 is 17.9 Å². The number of aliphatic carboxylic acids is 1. The molecule has 2 aromatic rings. The van der Waals surface area contributed by atoms with E-state index in [0.717, 1.165) is 29.3 Å². The van der Waals surface area contributed by atoms with Crippen molar-refractivity contribution in [2.45, 2.75) is 19.4 Å². The highest BCUT2D eigenvalue weighted by atomic mass is 32.1. The molecule has 3 rings (SSSR count). The molecule has 1 aliphatic heterocycles. The van der Waals surface area contributed by atoms with Gasteiger partial charge in [-0.05, 0) is 41.7 Å². The summed E-state index contributed by atoms with van der Waals surface area (Å²) >= 11 is 0.941. The number of ether oxygens (including phenoxy) is 1. The second-order valence-electron chi connectivity index (χ2n) is 4.90. The van der Waals surface area contributed by atoms with E-state index in [4.69, 9.17) is 4.74 Å². The van der Waals surface area contributed by atoms with Gasteiger partial charge in [0.05, 0.1) is 12.3 Å². The van der Waals surface area contributed by atoms with Crippen LogP contribution in [0.2, 0.25) is 0 Å². The number of carbonyl (C=O) groups excluding carboxylic acids is 1. The fourth-order valence-corrected chi connectivity index (χ4v) is 2.87. The lowest BCUT2D eigenvalue weighted by atomic mass is 10.0. The van der Waals surface area contributed by atoms with Crippen LogP contribution in [0.1, 0.15) is 32.5 Å². The van der Waals surface area contributed by atoms with Crippen molar-refractivity contribution in [1.82, 2.24) is 14.9 Å². The number of hydrogen-bond acceptors (Lipinski definition) is 6. The van der Waals surface area contributed by atoms with E-state index in [-0.39, 0.29) is 0 Å². The maximum atomic E-state index is 12.2. The number of carboxylic acid groups (broad SMARTS) is 1. The van der Waals surface area contributed by atoms with Gasteiger partial charge in [0.2, 0.25) is 0 Å². The van der Waals surface area contributed by atoms with Crippen molar-refractivity contribution < 1.29 is 19.4 Å². The number of aryl methyl sites for hydroxylation is 1. The summed E-state index contributed by atoms with van der Waals surface area (Å²) in [5, 5.41) is 15.7. The van der Waals surface area contributed by atoms with Gasteiger partial charge in [-0.1, -0.05) is 10.6 Å². The van der Waals surface area contributed by atoms with Crippen molar-refractivity contribution >= 4 is 23.4 Å². The molecule has 0 radical (unpaired) electrons. The molecule has 1 atom stereocenters. The van der Waals surface area contributed by atoms with Gasteiger partial charge in [0.25, 0.3) is 5.91 Å². The lowest BCUT2D eigenvalue weighted by Gasteiger charge is -2.15. The normalized spacial score (nSPS) is 14.0. The summed E-state index contributed by atoms with van der Waals surface area (Å²) in [4.78, 5) is 24.0. The first-order valence-electron chi connectivity index (χ1n) is 6.64. The van der Waals surface area contributed by atoms with Crippen molar-refractivity contribution in [1.29, 1.82) is 0 Å². The molecule has 1 amide bonds. The average Bonchev–Trinajstić information content (AvgIpc) is 3.11. The Morgan fingerprint density at radius 3 is 2.95 bits per heavy atom. The van der Waals surface area contributed by atoms with Gasteiger partial charge >= 0.3 is 5.97 Å². The number of rotatable bonds is 4. The van der Waals surface area contributed by atoms with E-state index in [9.17, 15) is 14.7 Å². The molecular weight excluding hydrogens is 306 g/mol. The summed E-state index contributed by atoms with van der Waals surface area (Å²) in [6.45, 7) is 2.25. The number of aromatic nitrogens is 2. The van der Waals surface area contributed by atoms with Crippen molar-refractivity contribution in [3.8, 4) is 5.75 Å². The zero-order valence-electron chi connectivity index (χ0n) is 11.7. The zero-order chi connectivity index (χ0) is 15.7. The Morgan fingerprint density at radius 2 is 2.27 bits per heavy atom. The minimum Gasteiger partial charge on any atom is -0.493 e. The largest absolute Gasteiger partial charge is 0.493 e. The van der Waals surface area contributed by atoms with Crippen LogP contribution in [-0.2, 0) is 11.2 Å². The predicted molar refractivity (Wildman–Crippen MR) is 78.1 cm³/mol. The van der Waals surface area contributed by atoms with E-state index in [0.29, 0.717) is 22.7 Å². The number of carboxylic acids is 1. The van der Waals surface area contributed by atoms with E-state index in [2.05, 4.69) is 14.9 Å². The summed E-state index contributed by atoms with van der Waals surface area (Å²) in [5.41, 5.74) is 1.95. The second kappa shape index (κ2) is 5.72. The highest BCUT2D eigenvalue weighted by Gasteiger charge is 2.26. The van der Waals surface area contributed by atoms with Gasteiger partial charge in [0, 0.05) is 6.42 Å². The maximum Gasteiger partial charge on any atom is 0.330 e. The van der Waals surface area contributed by atoms with E-state index >= 15 is 0 Å². The van der Waals surface area contributed by atoms with Crippen LogP contribution in [0, 0.1) is 6.92 Å². The lowest BCUT2D eigenvalue weighted by Crippen LogP contribution is -2.33. The minimum atomic E-state index is -1.13. The standard InChI is InChI=1S/C14H13N3O4S/c1-7-12(22-17-16-7)13(18)15-11(14(19)20)9-2-3-10-8(6-9)4-5-21-10/h2-3,6,11H,4-5H2,1H3,(H,15,18)(H,19,20). The molecule has 1 aromatic carbocycles. The molecular formula is C14H13N3O4S. The molecule has 2 heterocycles. The SMILES string of the molecule is Cc1nnsc1C(=O)NC(C(=O)O)c1ccc2c(c1)CCO2. The molecule has 0 bridgehead atoms. The van der Waals surface area contributed by atoms with Crippen LogP contribution in [0.5, 0.6) is 5.75 Å². The highest BCUT2D eigenvalue weighted by molar-refractivity contribution is 7.08. The number of benzene rings is 1. The molecule has 1 aliphatic rings. The molecule has 1 unspecified atom stereocenters. The first kappa shape index (κ1) is 14.5. The molecule has 22 heavy (non-hydrogen) atoms. The van der Waals surface area contributed by atoms with Gasteiger partial charge in [-0.3, -0.25) is 4.79 Å². The molecule has 0 saturated heterocycles. The van der Waals surface area contributed by atoms with E-state index in [1.807, 2.05) is 0 Å². The van der Waals surface area contributed by atoms with Crippen LogP contribution in [0.4, 0.5) is 0 Å². The molecule has 8 heteroatoms. The number of fused-ring (bicyclic) bond motifs is 1. The first-order valence-corrected chi connectivity index (χ1v) is 7.42. The number of hydrogen-bond donors (Lipinski definition) is 2. The number of carbonyl (C=O) groups is 2. The van der Waals surface area contributed by atoms with Crippen molar-refractivity contribution in [3.05, 3.63) is 39.9 Å². The van der Waals surface area contributed by atoms with Crippen LogP contribution in [0.3, 0.4) is 0 Å². The molecule has 0 saturated carbocycles. The van der Waals surface area contributed by atoms with Crippen molar-refractivity contribution in [3.63, 3.8) is 0 Å². The van der Waals surface area contributed by atoms with Crippen molar-refractivity contribution in [2.24, 2.45) is 0 Å². The van der Waals surface area contributed by atoms with Crippen molar-refractivity contribution in [2.75, 3.05) is 6.61 Å². The molecule has 0 fully saturated rings. The molecule has 7 nitrogen and oxygen atoms in total. The third-order valence-electron chi connectivity index (χ3n) is 3.43. The molecule has 0 aliphatic carbocycles. The van der Waals surface area contributed by atoms with Crippen LogP contribution < -0.4 is 10.1 Å².